The molecule has 30 heavy (non-hydrogen) atoms. The van der Waals surface area contributed by atoms with Gasteiger partial charge in [-0.1, -0.05) is 29.8 Å². The molecule has 0 amide bonds. The third-order valence-corrected chi connectivity index (χ3v) is 5.71. The lowest BCUT2D eigenvalue weighted by Gasteiger charge is -2.18. The Morgan fingerprint density at radius 3 is 2.90 bits per heavy atom. The van der Waals surface area contributed by atoms with Crippen LogP contribution in [0.5, 0.6) is 0 Å². The zero-order chi connectivity index (χ0) is 20.7. The zero-order valence-corrected chi connectivity index (χ0v) is 17.6. The zero-order valence-electron chi connectivity index (χ0n) is 16.8. The molecule has 0 fully saturated rings. The molecule has 4 aromatic rings. The van der Waals surface area contributed by atoms with E-state index in [1.807, 2.05) is 32.2 Å². The molecular formula is C22H22ClN7. The minimum absolute atomic E-state index is 0.537. The third-order valence-electron chi connectivity index (χ3n) is 5.39. The molecule has 152 valence electrons. The highest BCUT2D eigenvalue weighted by Gasteiger charge is 2.15. The molecule has 8 heteroatoms. The fourth-order valence-corrected chi connectivity index (χ4v) is 4.06. The van der Waals surface area contributed by atoms with Crippen LogP contribution in [0.15, 0.2) is 42.6 Å². The van der Waals surface area contributed by atoms with Gasteiger partial charge in [0, 0.05) is 25.5 Å². The van der Waals surface area contributed by atoms with E-state index >= 15 is 0 Å². The van der Waals surface area contributed by atoms with Crippen molar-refractivity contribution >= 4 is 45.8 Å². The van der Waals surface area contributed by atoms with Gasteiger partial charge in [0.1, 0.15) is 0 Å². The monoisotopic (exact) mass is 419 g/mol. The highest BCUT2D eigenvalue weighted by molar-refractivity contribution is 6.33. The van der Waals surface area contributed by atoms with Crippen LogP contribution in [-0.2, 0) is 20.0 Å². The SMILES string of the molecule is Cc1cccc(Cl)c1Nc1nn(C)c2nc(Nc3ccc4c(c3)CNCC4)ncc12. The molecule has 2 aromatic carbocycles. The molecule has 0 saturated heterocycles. The Morgan fingerprint density at radius 1 is 1.13 bits per heavy atom. The number of hydrogen-bond acceptors (Lipinski definition) is 6. The maximum absolute atomic E-state index is 6.36. The average molecular weight is 420 g/mol. The van der Waals surface area contributed by atoms with Gasteiger partial charge in [0.2, 0.25) is 5.95 Å². The molecule has 3 heterocycles. The van der Waals surface area contributed by atoms with Gasteiger partial charge in [-0.15, -0.1) is 0 Å². The van der Waals surface area contributed by atoms with E-state index in [4.69, 9.17) is 11.6 Å². The summed E-state index contributed by atoms with van der Waals surface area (Å²) in [6.07, 6.45) is 2.85. The Labute approximate surface area is 179 Å². The van der Waals surface area contributed by atoms with E-state index in [1.165, 1.54) is 11.1 Å². The lowest BCUT2D eigenvalue weighted by molar-refractivity contribution is 0.644. The Balaban J connectivity index is 1.45. The van der Waals surface area contributed by atoms with E-state index in [0.29, 0.717) is 16.8 Å². The molecule has 1 aliphatic heterocycles. The fourth-order valence-electron chi connectivity index (χ4n) is 3.79. The Kier molecular flexibility index (Phi) is 4.77. The summed E-state index contributed by atoms with van der Waals surface area (Å²) in [5, 5.41) is 16.1. The van der Waals surface area contributed by atoms with Crippen molar-refractivity contribution in [3.05, 3.63) is 64.3 Å². The van der Waals surface area contributed by atoms with Crippen molar-refractivity contribution < 1.29 is 0 Å². The van der Waals surface area contributed by atoms with E-state index in [1.54, 1.807) is 10.9 Å². The van der Waals surface area contributed by atoms with E-state index < -0.39 is 0 Å². The van der Waals surface area contributed by atoms with Crippen LogP contribution in [0.1, 0.15) is 16.7 Å². The van der Waals surface area contributed by atoms with Crippen molar-refractivity contribution in [3.8, 4) is 0 Å². The van der Waals surface area contributed by atoms with Crippen LogP contribution >= 0.6 is 11.6 Å². The van der Waals surface area contributed by atoms with Crippen LogP contribution < -0.4 is 16.0 Å². The van der Waals surface area contributed by atoms with Gasteiger partial charge in [0.05, 0.1) is 16.1 Å². The van der Waals surface area contributed by atoms with Crippen molar-refractivity contribution in [2.45, 2.75) is 19.9 Å². The number of anilines is 4. The summed E-state index contributed by atoms with van der Waals surface area (Å²) in [7, 11) is 1.87. The van der Waals surface area contributed by atoms with Gasteiger partial charge in [-0.2, -0.15) is 10.1 Å². The maximum atomic E-state index is 6.36. The quantitative estimate of drug-likeness (QED) is 0.453. The minimum Gasteiger partial charge on any atom is -0.337 e. The number of nitrogens with zero attached hydrogens (tertiary/aromatic N) is 4. The van der Waals surface area contributed by atoms with E-state index in [-0.39, 0.29) is 0 Å². The third kappa shape index (κ3) is 3.46. The topological polar surface area (TPSA) is 79.7 Å². The number of aromatic nitrogens is 4. The van der Waals surface area contributed by atoms with Crippen LogP contribution in [0, 0.1) is 6.92 Å². The molecule has 3 N–H and O–H groups in total. The van der Waals surface area contributed by atoms with Crippen molar-refractivity contribution in [1.82, 2.24) is 25.1 Å². The van der Waals surface area contributed by atoms with Crippen molar-refractivity contribution in [2.75, 3.05) is 17.2 Å². The van der Waals surface area contributed by atoms with Crippen molar-refractivity contribution in [1.29, 1.82) is 0 Å². The Bertz CT molecular complexity index is 1230. The summed E-state index contributed by atoms with van der Waals surface area (Å²) >= 11 is 6.36. The highest BCUT2D eigenvalue weighted by atomic mass is 35.5. The summed E-state index contributed by atoms with van der Waals surface area (Å²) in [4.78, 5) is 9.19. The van der Waals surface area contributed by atoms with Crippen LogP contribution in [0.3, 0.4) is 0 Å². The molecule has 1 aliphatic rings. The van der Waals surface area contributed by atoms with Gasteiger partial charge in [-0.05, 0) is 54.8 Å². The number of hydrogen-bond donors (Lipinski definition) is 3. The van der Waals surface area contributed by atoms with Gasteiger partial charge < -0.3 is 16.0 Å². The molecular weight excluding hydrogens is 398 g/mol. The Hall–Kier alpha value is -3.16. The molecule has 7 nitrogen and oxygen atoms in total. The molecule has 0 aliphatic carbocycles. The summed E-state index contributed by atoms with van der Waals surface area (Å²) in [6, 6.07) is 12.2. The first kappa shape index (κ1) is 18.8. The summed E-state index contributed by atoms with van der Waals surface area (Å²) < 4.78 is 1.74. The molecule has 0 spiro atoms. The van der Waals surface area contributed by atoms with E-state index in [2.05, 4.69) is 49.2 Å². The maximum Gasteiger partial charge on any atom is 0.229 e. The predicted octanol–water partition coefficient (Wildman–Crippen LogP) is 4.46. The predicted molar refractivity (Wildman–Crippen MR) is 121 cm³/mol. The number of fused-ring (bicyclic) bond motifs is 2. The molecule has 0 bridgehead atoms. The van der Waals surface area contributed by atoms with Gasteiger partial charge in [0.25, 0.3) is 0 Å². The number of aryl methyl sites for hydroxylation is 2. The van der Waals surface area contributed by atoms with E-state index in [0.717, 1.165) is 47.5 Å². The molecule has 0 unspecified atom stereocenters. The standard InChI is InChI=1S/C22H22ClN7/c1-13-4-3-5-18(23)19(13)27-20-17-12-25-22(28-21(17)30(2)29-20)26-16-7-6-14-8-9-24-11-15(14)10-16/h3-7,10,12,24H,8-9,11H2,1-2H3,(H,27,29)(H,25,26,28). The van der Waals surface area contributed by atoms with Gasteiger partial charge >= 0.3 is 0 Å². The van der Waals surface area contributed by atoms with Crippen LogP contribution in [0.4, 0.5) is 23.1 Å². The largest absolute Gasteiger partial charge is 0.337 e. The molecule has 2 aromatic heterocycles. The number of nitrogens with one attached hydrogen (secondary N) is 3. The van der Waals surface area contributed by atoms with Gasteiger partial charge in [-0.3, -0.25) is 0 Å². The molecule has 0 atom stereocenters. The fraction of sp³-hybridized carbons (Fsp3) is 0.227. The summed E-state index contributed by atoms with van der Waals surface area (Å²) in [5.41, 5.74) is 6.30. The summed E-state index contributed by atoms with van der Waals surface area (Å²) in [5.74, 6) is 1.21. The minimum atomic E-state index is 0.537. The number of rotatable bonds is 4. The lowest BCUT2D eigenvalue weighted by Crippen LogP contribution is -2.23. The second kappa shape index (κ2) is 7.59. The van der Waals surface area contributed by atoms with Gasteiger partial charge in [-0.25, -0.2) is 9.67 Å². The molecule has 0 saturated carbocycles. The molecule has 0 radical (unpaired) electrons. The van der Waals surface area contributed by atoms with Crippen LogP contribution in [-0.4, -0.2) is 26.3 Å². The van der Waals surface area contributed by atoms with E-state index in [9.17, 15) is 0 Å². The average Bonchev–Trinajstić information content (AvgIpc) is 3.06. The normalized spacial score (nSPS) is 13.3. The second-order valence-corrected chi connectivity index (χ2v) is 7.90. The second-order valence-electron chi connectivity index (χ2n) is 7.50. The smallest absolute Gasteiger partial charge is 0.229 e. The number of halogens is 1. The van der Waals surface area contributed by atoms with Crippen molar-refractivity contribution in [3.63, 3.8) is 0 Å². The first-order valence-electron chi connectivity index (χ1n) is 9.90. The Morgan fingerprint density at radius 2 is 2.03 bits per heavy atom. The molecule has 5 rings (SSSR count). The van der Waals surface area contributed by atoms with Gasteiger partial charge in [0.15, 0.2) is 11.5 Å². The highest BCUT2D eigenvalue weighted by Crippen LogP contribution is 2.31. The van der Waals surface area contributed by atoms with Crippen LogP contribution in [0.25, 0.3) is 11.0 Å². The van der Waals surface area contributed by atoms with Crippen molar-refractivity contribution in [2.24, 2.45) is 7.05 Å². The first-order chi connectivity index (χ1) is 14.6. The number of benzene rings is 2. The lowest BCUT2D eigenvalue weighted by atomic mass is 10.0. The number of para-hydroxylation sites is 1. The van der Waals surface area contributed by atoms with Crippen LogP contribution in [0.2, 0.25) is 5.02 Å². The first-order valence-corrected chi connectivity index (χ1v) is 10.3. The summed E-state index contributed by atoms with van der Waals surface area (Å²) in [6.45, 7) is 3.93.